The van der Waals surface area contributed by atoms with Crippen molar-refractivity contribution in [1.29, 1.82) is 0 Å². The second-order valence-electron chi connectivity index (χ2n) is 5.33. The number of hydrogen-bond donors (Lipinski definition) is 2. The molecular weight excluding hydrogens is 218 g/mol. The highest BCUT2D eigenvalue weighted by atomic mass is 16.5. The predicted octanol–water partition coefficient (Wildman–Crippen LogP) is -0.337. The molecule has 1 aliphatic heterocycles. The second kappa shape index (κ2) is 6.33. The average Bonchev–Trinajstić information content (AvgIpc) is 2.63. The molecule has 3 atom stereocenters. The summed E-state index contributed by atoms with van der Waals surface area (Å²) in [4.78, 5) is 14.1. The van der Waals surface area contributed by atoms with Gasteiger partial charge in [-0.2, -0.15) is 0 Å². The summed E-state index contributed by atoms with van der Waals surface area (Å²) in [6.45, 7) is 5.90. The molecule has 3 N–H and O–H groups in total. The van der Waals surface area contributed by atoms with Gasteiger partial charge in [0.05, 0.1) is 19.1 Å². The van der Waals surface area contributed by atoms with Crippen molar-refractivity contribution in [2.45, 2.75) is 25.9 Å². The minimum Gasteiger partial charge on any atom is -0.379 e. The largest absolute Gasteiger partial charge is 0.379 e. The number of nitrogens with zero attached hydrogens (tertiary/aromatic N) is 1. The molecule has 0 aliphatic carbocycles. The third-order valence-corrected chi connectivity index (χ3v) is 3.38. The minimum atomic E-state index is -0.190. The van der Waals surface area contributed by atoms with Gasteiger partial charge in [0.2, 0.25) is 5.91 Å². The molecule has 1 rings (SSSR count). The van der Waals surface area contributed by atoms with E-state index in [1.807, 2.05) is 14.1 Å². The van der Waals surface area contributed by atoms with Crippen LogP contribution in [-0.4, -0.2) is 56.7 Å². The standard InChI is InChI=1S/C12H25N3O2/c1-8(2)11(15(3)4)5-14-12(16)9-6-17-7-10(9)13/h8-11H,5-7,13H2,1-4H3,(H,14,16). The van der Waals surface area contributed by atoms with E-state index in [0.29, 0.717) is 31.7 Å². The normalized spacial score (nSPS) is 26.5. The molecule has 1 fully saturated rings. The zero-order valence-corrected chi connectivity index (χ0v) is 11.3. The summed E-state index contributed by atoms with van der Waals surface area (Å²) in [5.41, 5.74) is 5.81. The summed E-state index contributed by atoms with van der Waals surface area (Å²) in [6, 6.07) is 0.185. The summed E-state index contributed by atoms with van der Waals surface area (Å²) in [6.07, 6.45) is 0. The Morgan fingerprint density at radius 2 is 2.12 bits per heavy atom. The first kappa shape index (κ1) is 14.4. The first-order valence-corrected chi connectivity index (χ1v) is 6.21. The number of likely N-dealkylation sites (N-methyl/N-ethyl adjacent to an activating group) is 1. The molecule has 100 valence electrons. The lowest BCUT2D eigenvalue weighted by Crippen LogP contribution is -2.47. The molecule has 5 nitrogen and oxygen atoms in total. The van der Waals surface area contributed by atoms with Crippen molar-refractivity contribution in [3.63, 3.8) is 0 Å². The molecular formula is C12H25N3O2. The maximum absolute atomic E-state index is 11.9. The minimum absolute atomic E-state index is 0.0162. The molecule has 0 radical (unpaired) electrons. The van der Waals surface area contributed by atoms with Crippen LogP contribution in [0.2, 0.25) is 0 Å². The first-order valence-electron chi connectivity index (χ1n) is 6.21. The number of carbonyl (C=O) groups excluding carboxylic acids is 1. The monoisotopic (exact) mass is 243 g/mol. The molecule has 0 aromatic heterocycles. The molecule has 1 aliphatic rings. The summed E-state index contributed by atoms with van der Waals surface area (Å²) < 4.78 is 5.20. The van der Waals surface area contributed by atoms with Crippen LogP contribution in [0, 0.1) is 11.8 Å². The van der Waals surface area contributed by atoms with Crippen LogP contribution in [0.25, 0.3) is 0 Å². The van der Waals surface area contributed by atoms with Crippen LogP contribution < -0.4 is 11.1 Å². The number of nitrogens with two attached hydrogens (primary N) is 1. The summed E-state index contributed by atoms with van der Waals surface area (Å²) in [5.74, 6) is 0.325. The Balaban J connectivity index is 2.41. The van der Waals surface area contributed by atoms with Crippen molar-refractivity contribution in [1.82, 2.24) is 10.2 Å². The summed E-state index contributed by atoms with van der Waals surface area (Å²) in [5, 5.41) is 2.98. The molecule has 0 aromatic rings. The van der Waals surface area contributed by atoms with Gasteiger partial charge in [-0.25, -0.2) is 0 Å². The number of hydrogen-bond acceptors (Lipinski definition) is 4. The zero-order valence-electron chi connectivity index (χ0n) is 11.3. The van der Waals surface area contributed by atoms with Crippen LogP contribution in [0.3, 0.4) is 0 Å². The van der Waals surface area contributed by atoms with Crippen LogP contribution in [0.5, 0.6) is 0 Å². The quantitative estimate of drug-likeness (QED) is 0.693. The molecule has 3 unspecified atom stereocenters. The highest BCUT2D eigenvalue weighted by molar-refractivity contribution is 5.79. The lowest BCUT2D eigenvalue weighted by atomic mass is 10.0. The number of nitrogens with one attached hydrogen (secondary N) is 1. The molecule has 0 spiro atoms. The van der Waals surface area contributed by atoms with Crippen molar-refractivity contribution >= 4 is 5.91 Å². The molecule has 0 bridgehead atoms. The van der Waals surface area contributed by atoms with E-state index < -0.39 is 0 Å². The smallest absolute Gasteiger partial charge is 0.227 e. The van der Waals surface area contributed by atoms with Gasteiger partial charge in [-0.05, 0) is 20.0 Å². The third kappa shape index (κ3) is 3.94. The van der Waals surface area contributed by atoms with Crippen molar-refractivity contribution in [3.8, 4) is 0 Å². The van der Waals surface area contributed by atoms with E-state index in [1.165, 1.54) is 0 Å². The molecule has 1 saturated heterocycles. The Morgan fingerprint density at radius 1 is 1.47 bits per heavy atom. The van der Waals surface area contributed by atoms with Gasteiger partial charge in [0, 0.05) is 18.6 Å². The number of ether oxygens (including phenoxy) is 1. The highest BCUT2D eigenvalue weighted by Gasteiger charge is 2.31. The molecule has 0 saturated carbocycles. The van der Waals surface area contributed by atoms with Crippen LogP contribution >= 0.6 is 0 Å². The molecule has 0 aromatic carbocycles. The van der Waals surface area contributed by atoms with Gasteiger partial charge in [0.1, 0.15) is 0 Å². The Morgan fingerprint density at radius 3 is 2.53 bits per heavy atom. The predicted molar refractivity (Wildman–Crippen MR) is 67.6 cm³/mol. The molecule has 5 heteroatoms. The van der Waals surface area contributed by atoms with E-state index in [-0.39, 0.29) is 17.9 Å². The second-order valence-corrected chi connectivity index (χ2v) is 5.33. The number of amides is 1. The number of rotatable bonds is 5. The van der Waals surface area contributed by atoms with Crippen LogP contribution in [0.15, 0.2) is 0 Å². The SMILES string of the molecule is CC(C)C(CNC(=O)C1COCC1N)N(C)C. The van der Waals surface area contributed by atoms with Crippen molar-refractivity contribution < 1.29 is 9.53 Å². The zero-order chi connectivity index (χ0) is 13.0. The molecule has 1 amide bonds. The van der Waals surface area contributed by atoms with Crippen LogP contribution in [0.4, 0.5) is 0 Å². The summed E-state index contributed by atoms with van der Waals surface area (Å²) >= 11 is 0. The Kier molecular flexibility index (Phi) is 5.36. The lowest BCUT2D eigenvalue weighted by molar-refractivity contribution is -0.125. The average molecular weight is 243 g/mol. The fourth-order valence-corrected chi connectivity index (χ4v) is 2.19. The maximum Gasteiger partial charge on any atom is 0.227 e. The van der Waals surface area contributed by atoms with E-state index >= 15 is 0 Å². The maximum atomic E-state index is 11.9. The van der Waals surface area contributed by atoms with Crippen LogP contribution in [0.1, 0.15) is 13.8 Å². The third-order valence-electron chi connectivity index (χ3n) is 3.38. The first-order chi connectivity index (χ1) is 7.93. The molecule has 1 heterocycles. The topological polar surface area (TPSA) is 67.6 Å². The van der Waals surface area contributed by atoms with E-state index in [9.17, 15) is 4.79 Å². The van der Waals surface area contributed by atoms with E-state index in [1.54, 1.807) is 0 Å². The lowest BCUT2D eigenvalue weighted by Gasteiger charge is -2.28. The Hall–Kier alpha value is -0.650. The van der Waals surface area contributed by atoms with Crippen LogP contribution in [-0.2, 0) is 9.53 Å². The van der Waals surface area contributed by atoms with Gasteiger partial charge in [-0.15, -0.1) is 0 Å². The van der Waals surface area contributed by atoms with Crippen molar-refractivity contribution in [2.24, 2.45) is 17.6 Å². The van der Waals surface area contributed by atoms with Gasteiger partial charge >= 0.3 is 0 Å². The summed E-state index contributed by atoms with van der Waals surface area (Å²) in [7, 11) is 4.06. The van der Waals surface area contributed by atoms with Crippen molar-refractivity contribution in [3.05, 3.63) is 0 Å². The highest BCUT2D eigenvalue weighted by Crippen LogP contribution is 2.12. The Bertz CT molecular complexity index is 248. The van der Waals surface area contributed by atoms with E-state index in [2.05, 4.69) is 24.1 Å². The van der Waals surface area contributed by atoms with Crippen molar-refractivity contribution in [2.75, 3.05) is 33.9 Å². The number of carbonyl (C=O) groups is 1. The van der Waals surface area contributed by atoms with Gasteiger partial charge < -0.3 is 20.7 Å². The molecule has 17 heavy (non-hydrogen) atoms. The Labute approximate surface area is 104 Å². The van der Waals surface area contributed by atoms with E-state index in [4.69, 9.17) is 10.5 Å². The van der Waals surface area contributed by atoms with E-state index in [0.717, 1.165) is 0 Å². The fourth-order valence-electron chi connectivity index (χ4n) is 2.19. The van der Waals surface area contributed by atoms with Gasteiger partial charge in [0.15, 0.2) is 0 Å². The van der Waals surface area contributed by atoms with Gasteiger partial charge in [0.25, 0.3) is 0 Å². The van der Waals surface area contributed by atoms with Gasteiger partial charge in [-0.3, -0.25) is 4.79 Å². The fraction of sp³-hybridized carbons (Fsp3) is 0.917. The van der Waals surface area contributed by atoms with Gasteiger partial charge in [-0.1, -0.05) is 13.8 Å².